The number of nitrogens with one attached hydrogen (secondary N) is 1. The van der Waals surface area contributed by atoms with E-state index in [4.69, 9.17) is 9.26 Å². The molecule has 0 bridgehead atoms. The van der Waals surface area contributed by atoms with Crippen molar-refractivity contribution in [1.82, 2.24) is 15.5 Å². The van der Waals surface area contributed by atoms with Gasteiger partial charge in [-0.2, -0.15) is 4.98 Å². The maximum Gasteiger partial charge on any atom is 0.264 e. The van der Waals surface area contributed by atoms with Gasteiger partial charge in [0.2, 0.25) is 0 Å². The molecule has 5 nitrogen and oxygen atoms in total. The molecule has 1 aliphatic heterocycles. The highest BCUT2D eigenvalue weighted by molar-refractivity contribution is 5.63. The van der Waals surface area contributed by atoms with Crippen LogP contribution in [0, 0.1) is 11.7 Å². The molecule has 3 rings (SSSR count). The SMILES string of the molecule is COc1cccc(F)c1-c1nc(CC2CCCNC2)no1. The second kappa shape index (κ2) is 6.22. The number of hydrogen-bond acceptors (Lipinski definition) is 5. The van der Waals surface area contributed by atoms with Crippen molar-refractivity contribution in [2.24, 2.45) is 5.92 Å². The fourth-order valence-corrected chi connectivity index (χ4v) is 2.68. The van der Waals surface area contributed by atoms with Gasteiger partial charge in [-0.3, -0.25) is 0 Å². The van der Waals surface area contributed by atoms with Gasteiger partial charge < -0.3 is 14.6 Å². The van der Waals surface area contributed by atoms with Crippen LogP contribution in [0.1, 0.15) is 18.7 Å². The number of methoxy groups -OCH3 is 1. The zero-order valence-electron chi connectivity index (χ0n) is 11.9. The van der Waals surface area contributed by atoms with Crippen molar-refractivity contribution in [3.63, 3.8) is 0 Å². The molecule has 2 aromatic rings. The van der Waals surface area contributed by atoms with Gasteiger partial charge in [0.15, 0.2) is 5.82 Å². The van der Waals surface area contributed by atoms with Crippen LogP contribution in [0.4, 0.5) is 4.39 Å². The van der Waals surface area contributed by atoms with Crippen molar-refractivity contribution in [2.45, 2.75) is 19.3 Å². The molecule has 0 radical (unpaired) electrons. The van der Waals surface area contributed by atoms with Gasteiger partial charge in [-0.05, 0) is 44.0 Å². The van der Waals surface area contributed by atoms with Crippen molar-refractivity contribution in [3.8, 4) is 17.2 Å². The predicted octanol–water partition coefficient (Wildman–Crippen LogP) is 2.43. The third-order valence-electron chi connectivity index (χ3n) is 3.75. The quantitative estimate of drug-likeness (QED) is 0.937. The second-order valence-corrected chi connectivity index (χ2v) is 5.25. The van der Waals surface area contributed by atoms with Gasteiger partial charge in [-0.1, -0.05) is 11.2 Å². The first-order valence-electron chi connectivity index (χ1n) is 7.14. The van der Waals surface area contributed by atoms with E-state index in [1.807, 2.05) is 0 Å². The lowest BCUT2D eigenvalue weighted by molar-refractivity contribution is 0.359. The topological polar surface area (TPSA) is 60.2 Å². The van der Waals surface area contributed by atoms with Gasteiger partial charge in [0.05, 0.1) is 7.11 Å². The third kappa shape index (κ3) is 3.05. The fraction of sp³-hybridized carbons (Fsp3) is 0.467. The molecule has 1 aromatic carbocycles. The van der Waals surface area contributed by atoms with Gasteiger partial charge in [0, 0.05) is 6.42 Å². The maximum absolute atomic E-state index is 14.0. The van der Waals surface area contributed by atoms with Crippen molar-refractivity contribution < 1.29 is 13.7 Å². The van der Waals surface area contributed by atoms with Crippen LogP contribution in [0.25, 0.3) is 11.5 Å². The molecule has 0 amide bonds. The average molecular weight is 291 g/mol. The number of piperidine rings is 1. The lowest BCUT2D eigenvalue weighted by Crippen LogP contribution is -2.31. The summed E-state index contributed by atoms with van der Waals surface area (Å²) >= 11 is 0. The number of ether oxygens (including phenoxy) is 1. The lowest BCUT2D eigenvalue weighted by Gasteiger charge is -2.20. The van der Waals surface area contributed by atoms with Gasteiger partial charge in [0.25, 0.3) is 5.89 Å². The van der Waals surface area contributed by atoms with E-state index in [1.165, 1.54) is 13.2 Å². The van der Waals surface area contributed by atoms with Crippen molar-refractivity contribution >= 4 is 0 Å². The van der Waals surface area contributed by atoms with E-state index in [1.54, 1.807) is 12.1 Å². The highest BCUT2D eigenvalue weighted by atomic mass is 19.1. The summed E-state index contributed by atoms with van der Waals surface area (Å²) in [6.07, 6.45) is 3.06. The molecule has 2 heterocycles. The molecule has 1 N–H and O–H groups in total. The van der Waals surface area contributed by atoms with E-state index < -0.39 is 5.82 Å². The molecule has 1 unspecified atom stereocenters. The van der Waals surface area contributed by atoms with Crippen LogP contribution in [-0.4, -0.2) is 30.3 Å². The molecule has 112 valence electrons. The van der Waals surface area contributed by atoms with E-state index in [0.717, 1.165) is 32.4 Å². The van der Waals surface area contributed by atoms with Gasteiger partial charge in [0.1, 0.15) is 17.1 Å². The molecule has 1 aliphatic rings. The van der Waals surface area contributed by atoms with E-state index in [0.29, 0.717) is 17.5 Å². The number of rotatable bonds is 4. The van der Waals surface area contributed by atoms with Crippen LogP contribution in [-0.2, 0) is 6.42 Å². The van der Waals surface area contributed by atoms with Crippen LogP contribution in [0.15, 0.2) is 22.7 Å². The molecule has 0 aliphatic carbocycles. The minimum Gasteiger partial charge on any atom is -0.496 e. The summed E-state index contributed by atoms with van der Waals surface area (Å²) in [7, 11) is 1.49. The monoisotopic (exact) mass is 291 g/mol. The molecule has 6 heteroatoms. The Balaban J connectivity index is 1.81. The predicted molar refractivity (Wildman–Crippen MR) is 75.5 cm³/mol. The number of nitrogens with zero attached hydrogens (tertiary/aromatic N) is 2. The Morgan fingerprint density at radius 2 is 2.38 bits per heavy atom. The Morgan fingerprint density at radius 1 is 1.48 bits per heavy atom. The molecule has 1 aromatic heterocycles. The van der Waals surface area contributed by atoms with E-state index in [9.17, 15) is 4.39 Å². The molecule has 21 heavy (non-hydrogen) atoms. The number of hydrogen-bond donors (Lipinski definition) is 1. The first kappa shape index (κ1) is 14.0. The van der Waals surface area contributed by atoms with Gasteiger partial charge >= 0.3 is 0 Å². The lowest BCUT2D eigenvalue weighted by atomic mass is 9.96. The van der Waals surface area contributed by atoms with Crippen LogP contribution in [0.3, 0.4) is 0 Å². The fourth-order valence-electron chi connectivity index (χ4n) is 2.68. The largest absolute Gasteiger partial charge is 0.496 e. The Hall–Kier alpha value is -1.95. The molecule has 1 atom stereocenters. The van der Waals surface area contributed by atoms with Crippen LogP contribution < -0.4 is 10.1 Å². The molecule has 0 spiro atoms. The smallest absolute Gasteiger partial charge is 0.264 e. The summed E-state index contributed by atoms with van der Waals surface area (Å²) in [6, 6.07) is 4.61. The summed E-state index contributed by atoms with van der Waals surface area (Å²) in [4.78, 5) is 4.32. The molecular formula is C15H18FN3O2. The normalized spacial score (nSPS) is 18.7. The van der Waals surface area contributed by atoms with E-state index in [-0.39, 0.29) is 11.5 Å². The maximum atomic E-state index is 14.0. The Morgan fingerprint density at radius 3 is 3.14 bits per heavy atom. The zero-order chi connectivity index (χ0) is 14.7. The number of aromatic nitrogens is 2. The van der Waals surface area contributed by atoms with Crippen molar-refractivity contribution in [3.05, 3.63) is 29.8 Å². The minimum absolute atomic E-state index is 0.170. The second-order valence-electron chi connectivity index (χ2n) is 5.25. The standard InChI is InChI=1S/C15H18FN3O2/c1-20-12-6-2-5-11(16)14(12)15-18-13(19-21-15)8-10-4-3-7-17-9-10/h2,5-6,10,17H,3-4,7-9H2,1H3. The summed E-state index contributed by atoms with van der Waals surface area (Å²) in [6.45, 7) is 2.04. The summed E-state index contributed by atoms with van der Waals surface area (Å²) in [5.74, 6) is 1.26. The Labute approximate surface area is 122 Å². The first-order valence-corrected chi connectivity index (χ1v) is 7.14. The van der Waals surface area contributed by atoms with Crippen LogP contribution in [0.2, 0.25) is 0 Å². The highest BCUT2D eigenvalue weighted by Gasteiger charge is 2.21. The molecule has 1 fully saturated rings. The van der Waals surface area contributed by atoms with Crippen molar-refractivity contribution in [1.29, 1.82) is 0 Å². The zero-order valence-corrected chi connectivity index (χ0v) is 11.9. The highest BCUT2D eigenvalue weighted by Crippen LogP contribution is 2.31. The van der Waals surface area contributed by atoms with Crippen molar-refractivity contribution in [2.75, 3.05) is 20.2 Å². The number of halogens is 1. The van der Waals surface area contributed by atoms with Gasteiger partial charge in [-0.25, -0.2) is 4.39 Å². The third-order valence-corrected chi connectivity index (χ3v) is 3.75. The van der Waals surface area contributed by atoms with E-state index in [2.05, 4.69) is 15.5 Å². The molecule has 1 saturated heterocycles. The first-order chi connectivity index (χ1) is 10.3. The summed E-state index contributed by atoms with van der Waals surface area (Å²) in [5.41, 5.74) is 0.223. The van der Waals surface area contributed by atoms with Crippen LogP contribution >= 0.6 is 0 Å². The Bertz CT molecular complexity index is 609. The molecular weight excluding hydrogens is 273 g/mol. The average Bonchev–Trinajstić information content (AvgIpc) is 2.96. The number of benzene rings is 1. The summed E-state index contributed by atoms with van der Waals surface area (Å²) < 4.78 is 24.3. The van der Waals surface area contributed by atoms with Gasteiger partial charge in [-0.15, -0.1) is 0 Å². The summed E-state index contributed by atoms with van der Waals surface area (Å²) in [5, 5.41) is 7.32. The molecule has 0 saturated carbocycles. The Kier molecular flexibility index (Phi) is 4.15. The van der Waals surface area contributed by atoms with E-state index >= 15 is 0 Å². The minimum atomic E-state index is -0.427. The van der Waals surface area contributed by atoms with Crippen LogP contribution in [0.5, 0.6) is 5.75 Å².